The van der Waals surface area contributed by atoms with Crippen LogP contribution in [0.4, 0.5) is 0 Å². The van der Waals surface area contributed by atoms with Crippen LogP contribution in [0.1, 0.15) is 17.0 Å². The van der Waals surface area contributed by atoms with Crippen LogP contribution >= 0.6 is 0 Å². The fraction of sp³-hybridized carbons (Fsp3) is 0.333. The Balaban J connectivity index is 1.68. The van der Waals surface area contributed by atoms with Crippen LogP contribution in [0.15, 0.2) is 37.1 Å². The zero-order chi connectivity index (χ0) is 13.5. The lowest BCUT2D eigenvalue weighted by Gasteiger charge is -2.36. The van der Waals surface area contributed by atoms with E-state index >= 15 is 0 Å². The van der Waals surface area contributed by atoms with E-state index in [1.807, 2.05) is 4.68 Å². The quantitative estimate of drug-likeness (QED) is 0.787. The number of nitrogens with one attached hydrogen (secondary N) is 1. The van der Waals surface area contributed by atoms with Gasteiger partial charge in [0, 0.05) is 36.1 Å². The van der Waals surface area contributed by atoms with E-state index in [0.717, 1.165) is 19.6 Å². The van der Waals surface area contributed by atoms with Gasteiger partial charge < -0.3 is 9.88 Å². The topological polar surface area (TPSA) is 49.7 Å². The molecule has 0 bridgehead atoms. The summed E-state index contributed by atoms with van der Waals surface area (Å²) in [5, 5.41) is 5.51. The molecule has 1 aliphatic rings. The lowest BCUT2D eigenvalue weighted by molar-refractivity contribution is 0.190. The molecule has 3 heterocycles. The zero-order valence-electron chi connectivity index (χ0n) is 11.5. The molecule has 1 N–H and O–H groups in total. The maximum Gasteiger partial charge on any atom is 0.137 e. The molecule has 20 heavy (non-hydrogen) atoms. The highest BCUT2D eigenvalue weighted by Gasteiger charge is 2.26. The number of H-pyrrole nitrogens is 1. The van der Waals surface area contributed by atoms with Crippen LogP contribution in [0.2, 0.25) is 0 Å². The van der Waals surface area contributed by atoms with Gasteiger partial charge in [0.25, 0.3) is 0 Å². The molecule has 0 aliphatic carbocycles. The van der Waals surface area contributed by atoms with E-state index in [4.69, 9.17) is 0 Å². The normalized spacial score (nSPS) is 16.6. The van der Waals surface area contributed by atoms with Gasteiger partial charge in [-0.05, 0) is 30.3 Å². The minimum atomic E-state index is 0.662. The third-order valence-corrected chi connectivity index (χ3v) is 4.09. The monoisotopic (exact) mass is 267 g/mol. The van der Waals surface area contributed by atoms with Crippen molar-refractivity contribution in [1.29, 1.82) is 0 Å². The second kappa shape index (κ2) is 4.45. The minimum absolute atomic E-state index is 0.662. The molecule has 0 spiro atoms. The van der Waals surface area contributed by atoms with E-state index in [2.05, 4.69) is 51.4 Å². The highest BCUT2D eigenvalue weighted by molar-refractivity contribution is 5.84. The van der Waals surface area contributed by atoms with Crippen molar-refractivity contribution < 1.29 is 0 Å². The average Bonchev–Trinajstić information content (AvgIpc) is 3.04. The predicted molar refractivity (Wildman–Crippen MR) is 77.7 cm³/mol. The lowest BCUT2D eigenvalue weighted by atomic mass is 9.91. The summed E-state index contributed by atoms with van der Waals surface area (Å²) in [6, 6.07) is 6.59. The molecule has 5 nitrogen and oxygen atoms in total. The van der Waals surface area contributed by atoms with Crippen molar-refractivity contribution in [2.45, 2.75) is 12.5 Å². The molecular weight excluding hydrogens is 250 g/mol. The van der Waals surface area contributed by atoms with Gasteiger partial charge in [-0.15, -0.1) is 0 Å². The van der Waals surface area contributed by atoms with Gasteiger partial charge in [-0.2, -0.15) is 5.10 Å². The highest BCUT2D eigenvalue weighted by atomic mass is 15.3. The van der Waals surface area contributed by atoms with Crippen LogP contribution in [0.5, 0.6) is 0 Å². The summed E-state index contributed by atoms with van der Waals surface area (Å²) in [5.41, 5.74) is 3.92. The first-order valence-electron chi connectivity index (χ1n) is 6.90. The van der Waals surface area contributed by atoms with Crippen molar-refractivity contribution in [3.05, 3.63) is 48.2 Å². The summed E-state index contributed by atoms with van der Waals surface area (Å²) in [5.74, 6) is 0.662. The fourth-order valence-electron chi connectivity index (χ4n) is 3.02. The molecule has 0 saturated carbocycles. The van der Waals surface area contributed by atoms with E-state index in [1.54, 1.807) is 12.7 Å². The number of fused-ring (bicyclic) bond motifs is 1. The summed E-state index contributed by atoms with van der Waals surface area (Å²) in [6.45, 7) is 3.08. The highest BCUT2D eigenvalue weighted by Crippen LogP contribution is 2.32. The number of likely N-dealkylation sites (tertiary alicyclic amines) is 1. The summed E-state index contributed by atoms with van der Waals surface area (Å²) in [6.07, 6.45) is 5.50. The summed E-state index contributed by atoms with van der Waals surface area (Å²) in [4.78, 5) is 9.72. The molecule has 1 aliphatic heterocycles. The number of likely N-dealkylation sites (N-methyl/N-ethyl adjacent to an activating group) is 1. The standard InChI is InChI=1S/C15H17N5/c1-19-7-12(8-19)14-5-17-15-3-2-11(4-13(14)15)6-20-10-16-9-18-20/h2-5,9-10,12,17H,6-8H2,1H3. The molecule has 0 amide bonds. The molecule has 1 aromatic carbocycles. The van der Waals surface area contributed by atoms with Crippen molar-refractivity contribution in [2.75, 3.05) is 20.1 Å². The molecule has 0 radical (unpaired) electrons. The Morgan fingerprint density at radius 3 is 3.00 bits per heavy atom. The van der Waals surface area contributed by atoms with E-state index in [1.165, 1.54) is 22.0 Å². The number of rotatable bonds is 3. The van der Waals surface area contributed by atoms with Crippen molar-refractivity contribution >= 4 is 10.9 Å². The Labute approximate surface area is 117 Å². The Morgan fingerprint density at radius 1 is 1.35 bits per heavy atom. The van der Waals surface area contributed by atoms with Crippen LogP contribution in [0.3, 0.4) is 0 Å². The Hall–Kier alpha value is -2.14. The average molecular weight is 267 g/mol. The van der Waals surface area contributed by atoms with Gasteiger partial charge in [-0.25, -0.2) is 9.67 Å². The SMILES string of the molecule is CN1CC(c2c[nH]c3ccc(Cn4cncn4)cc23)C1. The van der Waals surface area contributed by atoms with Crippen LogP contribution in [0.25, 0.3) is 10.9 Å². The molecule has 4 rings (SSSR count). The van der Waals surface area contributed by atoms with E-state index in [9.17, 15) is 0 Å². The van der Waals surface area contributed by atoms with E-state index in [-0.39, 0.29) is 0 Å². The zero-order valence-corrected chi connectivity index (χ0v) is 11.5. The largest absolute Gasteiger partial charge is 0.361 e. The van der Waals surface area contributed by atoms with Crippen LogP contribution in [-0.2, 0) is 6.54 Å². The van der Waals surface area contributed by atoms with Gasteiger partial charge in [0.2, 0.25) is 0 Å². The molecule has 0 atom stereocenters. The predicted octanol–water partition coefficient (Wildman–Crippen LogP) is 1.84. The fourth-order valence-corrected chi connectivity index (χ4v) is 3.02. The Bertz CT molecular complexity index is 722. The van der Waals surface area contributed by atoms with Crippen molar-refractivity contribution in [3.8, 4) is 0 Å². The van der Waals surface area contributed by atoms with Gasteiger partial charge in [0.05, 0.1) is 6.54 Å². The molecule has 2 aromatic heterocycles. The van der Waals surface area contributed by atoms with Gasteiger partial charge in [0.15, 0.2) is 0 Å². The van der Waals surface area contributed by atoms with Crippen molar-refractivity contribution in [2.24, 2.45) is 0 Å². The number of benzene rings is 1. The summed E-state index contributed by atoms with van der Waals surface area (Å²) in [7, 11) is 2.17. The number of hydrogen-bond acceptors (Lipinski definition) is 3. The van der Waals surface area contributed by atoms with Crippen LogP contribution in [-0.4, -0.2) is 44.8 Å². The Kier molecular flexibility index (Phi) is 2.60. The molecule has 3 aromatic rings. The van der Waals surface area contributed by atoms with Gasteiger partial charge in [-0.1, -0.05) is 6.07 Å². The third kappa shape index (κ3) is 1.91. The molecule has 5 heteroatoms. The first-order chi connectivity index (χ1) is 9.79. The molecule has 102 valence electrons. The number of nitrogens with zero attached hydrogens (tertiary/aromatic N) is 4. The molecule has 1 fully saturated rings. The molecular formula is C15H17N5. The maximum atomic E-state index is 4.17. The van der Waals surface area contributed by atoms with Crippen LogP contribution < -0.4 is 0 Å². The van der Waals surface area contributed by atoms with Crippen molar-refractivity contribution in [1.82, 2.24) is 24.6 Å². The Morgan fingerprint density at radius 2 is 2.25 bits per heavy atom. The first kappa shape index (κ1) is 11.7. The number of hydrogen-bond donors (Lipinski definition) is 1. The minimum Gasteiger partial charge on any atom is -0.361 e. The van der Waals surface area contributed by atoms with Gasteiger partial charge >= 0.3 is 0 Å². The second-order valence-corrected chi connectivity index (χ2v) is 5.64. The van der Waals surface area contributed by atoms with Crippen LogP contribution in [0, 0.1) is 0 Å². The van der Waals surface area contributed by atoms with Gasteiger partial charge in [0.1, 0.15) is 12.7 Å². The third-order valence-electron chi connectivity index (χ3n) is 4.09. The van der Waals surface area contributed by atoms with Gasteiger partial charge in [-0.3, -0.25) is 0 Å². The first-order valence-corrected chi connectivity index (χ1v) is 6.90. The maximum absolute atomic E-state index is 4.17. The van der Waals surface area contributed by atoms with E-state index < -0.39 is 0 Å². The number of aromatic amines is 1. The lowest BCUT2D eigenvalue weighted by Crippen LogP contribution is -2.41. The smallest absolute Gasteiger partial charge is 0.137 e. The number of aromatic nitrogens is 4. The van der Waals surface area contributed by atoms with Crippen molar-refractivity contribution in [3.63, 3.8) is 0 Å². The second-order valence-electron chi connectivity index (χ2n) is 5.64. The molecule has 1 saturated heterocycles. The summed E-state index contributed by atoms with van der Waals surface area (Å²) >= 11 is 0. The van der Waals surface area contributed by atoms with E-state index in [0.29, 0.717) is 5.92 Å². The summed E-state index contributed by atoms with van der Waals surface area (Å²) < 4.78 is 1.85. The molecule has 0 unspecified atom stereocenters.